The maximum Gasteiger partial charge on any atom is 0.141 e. The van der Waals surface area contributed by atoms with Gasteiger partial charge in [-0.15, -0.1) is 0 Å². The van der Waals surface area contributed by atoms with Gasteiger partial charge in [0.05, 0.1) is 5.69 Å². The smallest absolute Gasteiger partial charge is 0.141 e. The van der Waals surface area contributed by atoms with E-state index in [0.29, 0.717) is 11.7 Å². The van der Waals surface area contributed by atoms with Crippen LogP contribution >= 0.6 is 0 Å². The quantitative estimate of drug-likeness (QED) is 0.758. The summed E-state index contributed by atoms with van der Waals surface area (Å²) in [5.41, 5.74) is 4.71. The number of nitrogens with zero attached hydrogens (tertiary/aromatic N) is 2. The number of benzene rings is 1. The highest BCUT2D eigenvalue weighted by Crippen LogP contribution is 2.28. The molecule has 1 aliphatic rings. The molecule has 0 amide bonds. The Morgan fingerprint density at radius 3 is 2.95 bits per heavy atom. The Bertz CT molecular complexity index is 866. The molecule has 1 saturated heterocycles. The summed E-state index contributed by atoms with van der Waals surface area (Å²) in [7, 11) is 0. The molecular formula is C18H16N4. The predicted octanol–water partition coefficient (Wildman–Crippen LogP) is 3.53. The first-order chi connectivity index (χ1) is 10.8. The molecule has 1 atom stereocenters. The molecule has 0 aliphatic carbocycles. The van der Waals surface area contributed by atoms with Crippen LogP contribution in [0.1, 0.15) is 30.3 Å². The summed E-state index contributed by atoms with van der Waals surface area (Å²) >= 11 is 0. The maximum absolute atomic E-state index is 8.98. The van der Waals surface area contributed by atoms with Crippen molar-refractivity contribution in [2.75, 3.05) is 6.54 Å². The average Bonchev–Trinajstić information content (AvgIpc) is 3.23. The number of fused-ring (bicyclic) bond motifs is 1. The van der Waals surface area contributed by atoms with Crippen molar-refractivity contribution in [1.29, 1.82) is 5.26 Å². The number of hydrogen-bond acceptors (Lipinski definition) is 3. The second-order valence-electron chi connectivity index (χ2n) is 5.70. The number of H-pyrrole nitrogens is 1. The van der Waals surface area contributed by atoms with E-state index in [0.717, 1.165) is 23.3 Å². The zero-order valence-electron chi connectivity index (χ0n) is 12.1. The van der Waals surface area contributed by atoms with Crippen LogP contribution in [-0.4, -0.2) is 16.5 Å². The molecule has 22 heavy (non-hydrogen) atoms. The highest BCUT2D eigenvalue weighted by molar-refractivity contribution is 5.85. The van der Waals surface area contributed by atoms with Gasteiger partial charge in [0, 0.05) is 28.2 Å². The fourth-order valence-electron chi connectivity index (χ4n) is 3.11. The summed E-state index contributed by atoms with van der Waals surface area (Å²) < 4.78 is 0. The summed E-state index contributed by atoms with van der Waals surface area (Å²) in [6.45, 7) is 1.09. The molecule has 4 rings (SSSR count). The molecule has 1 fully saturated rings. The number of nitriles is 1. The van der Waals surface area contributed by atoms with E-state index in [2.05, 4.69) is 39.6 Å². The lowest BCUT2D eigenvalue weighted by molar-refractivity contribution is 0.633. The van der Waals surface area contributed by atoms with Crippen molar-refractivity contribution in [3.63, 3.8) is 0 Å². The number of rotatable bonds is 2. The van der Waals surface area contributed by atoms with Crippen LogP contribution in [0.15, 0.2) is 42.5 Å². The molecule has 0 spiro atoms. The number of pyridine rings is 1. The Morgan fingerprint density at radius 2 is 2.14 bits per heavy atom. The number of aromatic nitrogens is 2. The fraction of sp³-hybridized carbons (Fsp3) is 0.222. The van der Waals surface area contributed by atoms with Crippen molar-refractivity contribution in [2.45, 2.75) is 18.9 Å². The van der Waals surface area contributed by atoms with E-state index in [9.17, 15) is 0 Å². The van der Waals surface area contributed by atoms with Gasteiger partial charge in [-0.25, -0.2) is 4.98 Å². The lowest BCUT2D eigenvalue weighted by atomic mass is 10.1. The van der Waals surface area contributed by atoms with Gasteiger partial charge in [-0.2, -0.15) is 5.26 Å². The topological polar surface area (TPSA) is 64.5 Å². The standard InChI is InChI=1S/C18H16N4/c19-11-14-3-1-4-15(21-14)12-6-7-16-13(9-12)10-18(22-16)17-5-2-8-20-17/h1,3-4,6-7,9-10,17,20,22H,2,5,8H2/t17-/m0/s1. The summed E-state index contributed by atoms with van der Waals surface area (Å²) in [5, 5.41) is 13.7. The summed E-state index contributed by atoms with van der Waals surface area (Å²) in [5.74, 6) is 0. The van der Waals surface area contributed by atoms with Gasteiger partial charge in [-0.1, -0.05) is 12.1 Å². The van der Waals surface area contributed by atoms with Crippen molar-refractivity contribution < 1.29 is 0 Å². The minimum Gasteiger partial charge on any atom is -0.357 e. The summed E-state index contributed by atoms with van der Waals surface area (Å²) in [6, 6.07) is 16.6. The van der Waals surface area contributed by atoms with E-state index in [1.165, 1.54) is 23.9 Å². The molecule has 2 aromatic heterocycles. The molecule has 4 nitrogen and oxygen atoms in total. The molecule has 3 heterocycles. The second-order valence-corrected chi connectivity index (χ2v) is 5.70. The van der Waals surface area contributed by atoms with Gasteiger partial charge in [-0.3, -0.25) is 0 Å². The third kappa shape index (κ3) is 2.26. The second kappa shape index (κ2) is 5.28. The van der Waals surface area contributed by atoms with Crippen molar-refractivity contribution in [3.05, 3.63) is 53.9 Å². The molecule has 1 aromatic carbocycles. The molecular weight excluding hydrogens is 272 g/mol. The van der Waals surface area contributed by atoms with Crippen molar-refractivity contribution in [1.82, 2.24) is 15.3 Å². The molecule has 0 bridgehead atoms. The van der Waals surface area contributed by atoms with Crippen LogP contribution < -0.4 is 5.32 Å². The van der Waals surface area contributed by atoms with Crippen LogP contribution in [0, 0.1) is 11.3 Å². The average molecular weight is 288 g/mol. The first-order valence-electron chi connectivity index (χ1n) is 7.57. The Balaban J connectivity index is 1.75. The van der Waals surface area contributed by atoms with Gasteiger partial charge in [0.25, 0.3) is 0 Å². The molecule has 0 radical (unpaired) electrons. The SMILES string of the molecule is N#Cc1cccc(-c2ccc3[nH]c([C@@H]4CCCN4)cc3c2)n1. The van der Waals surface area contributed by atoms with Gasteiger partial charge in [0.15, 0.2) is 0 Å². The van der Waals surface area contributed by atoms with Gasteiger partial charge < -0.3 is 10.3 Å². The lowest BCUT2D eigenvalue weighted by Gasteiger charge is -2.06. The largest absolute Gasteiger partial charge is 0.357 e. The minimum atomic E-state index is 0.441. The third-order valence-electron chi connectivity index (χ3n) is 4.24. The van der Waals surface area contributed by atoms with E-state index >= 15 is 0 Å². The molecule has 0 unspecified atom stereocenters. The zero-order chi connectivity index (χ0) is 14.9. The Hall–Kier alpha value is -2.64. The van der Waals surface area contributed by atoms with E-state index in [1.807, 2.05) is 18.2 Å². The summed E-state index contributed by atoms with van der Waals surface area (Å²) in [6.07, 6.45) is 2.42. The van der Waals surface area contributed by atoms with Crippen molar-refractivity contribution in [2.24, 2.45) is 0 Å². The highest BCUT2D eigenvalue weighted by Gasteiger charge is 2.18. The van der Waals surface area contributed by atoms with Crippen LogP contribution in [-0.2, 0) is 0 Å². The van der Waals surface area contributed by atoms with E-state index in [1.54, 1.807) is 6.07 Å². The van der Waals surface area contributed by atoms with E-state index in [-0.39, 0.29) is 0 Å². The highest BCUT2D eigenvalue weighted by atomic mass is 15.0. The van der Waals surface area contributed by atoms with Crippen molar-refractivity contribution in [3.8, 4) is 17.3 Å². The van der Waals surface area contributed by atoms with Crippen LogP contribution in [0.25, 0.3) is 22.2 Å². The molecule has 0 saturated carbocycles. The molecule has 2 N–H and O–H groups in total. The first-order valence-corrected chi connectivity index (χ1v) is 7.57. The number of aromatic amines is 1. The van der Waals surface area contributed by atoms with Gasteiger partial charge >= 0.3 is 0 Å². The predicted molar refractivity (Wildman–Crippen MR) is 86.2 cm³/mol. The van der Waals surface area contributed by atoms with Gasteiger partial charge in [0.1, 0.15) is 11.8 Å². The first kappa shape index (κ1) is 13.1. The molecule has 4 heteroatoms. The van der Waals surface area contributed by atoms with Gasteiger partial charge in [0.2, 0.25) is 0 Å². The molecule has 3 aromatic rings. The van der Waals surface area contributed by atoms with Gasteiger partial charge in [-0.05, 0) is 49.7 Å². The van der Waals surface area contributed by atoms with E-state index in [4.69, 9.17) is 5.26 Å². The Kier molecular flexibility index (Phi) is 3.14. The normalized spacial score (nSPS) is 17.7. The monoisotopic (exact) mass is 288 g/mol. The Morgan fingerprint density at radius 1 is 1.18 bits per heavy atom. The number of nitrogens with one attached hydrogen (secondary N) is 2. The molecule has 1 aliphatic heterocycles. The lowest BCUT2D eigenvalue weighted by Crippen LogP contribution is -2.12. The van der Waals surface area contributed by atoms with Crippen molar-refractivity contribution >= 4 is 10.9 Å². The Labute approximate surface area is 128 Å². The maximum atomic E-state index is 8.98. The number of hydrogen-bond donors (Lipinski definition) is 2. The van der Waals surface area contributed by atoms with Crippen LogP contribution in [0.3, 0.4) is 0 Å². The van der Waals surface area contributed by atoms with Crippen LogP contribution in [0.4, 0.5) is 0 Å². The van der Waals surface area contributed by atoms with Crippen LogP contribution in [0.2, 0.25) is 0 Å². The fourth-order valence-corrected chi connectivity index (χ4v) is 3.11. The third-order valence-corrected chi connectivity index (χ3v) is 4.24. The van der Waals surface area contributed by atoms with Crippen LogP contribution in [0.5, 0.6) is 0 Å². The zero-order valence-corrected chi connectivity index (χ0v) is 12.1. The summed E-state index contributed by atoms with van der Waals surface area (Å²) in [4.78, 5) is 7.87. The molecule has 108 valence electrons. The van der Waals surface area contributed by atoms with E-state index < -0.39 is 0 Å². The minimum absolute atomic E-state index is 0.441.